The van der Waals surface area contributed by atoms with E-state index in [4.69, 9.17) is 4.42 Å². The molecule has 1 aromatic carbocycles. The van der Waals surface area contributed by atoms with Gasteiger partial charge in [0.15, 0.2) is 5.76 Å². The summed E-state index contributed by atoms with van der Waals surface area (Å²) in [5, 5.41) is 4.39. The summed E-state index contributed by atoms with van der Waals surface area (Å²) in [4.78, 5) is 17.4. The van der Waals surface area contributed by atoms with Gasteiger partial charge in [-0.2, -0.15) is 0 Å². The molecule has 2 fully saturated rings. The maximum Gasteiger partial charge on any atom is 0.289 e. The average molecular weight is 392 g/mol. The van der Waals surface area contributed by atoms with Crippen molar-refractivity contribution in [2.45, 2.75) is 19.4 Å². The maximum absolute atomic E-state index is 12.9. The molecule has 1 N–H and O–H groups in total. The van der Waals surface area contributed by atoms with Gasteiger partial charge in [0.2, 0.25) is 0 Å². The van der Waals surface area contributed by atoms with Crippen LogP contribution in [0.25, 0.3) is 11.0 Å². The van der Waals surface area contributed by atoms with Gasteiger partial charge in [-0.1, -0.05) is 15.9 Å². The molecule has 5 nitrogen and oxygen atoms in total. The van der Waals surface area contributed by atoms with Crippen molar-refractivity contribution >= 4 is 32.8 Å². The monoisotopic (exact) mass is 391 g/mol. The minimum atomic E-state index is 0.0254. The van der Waals surface area contributed by atoms with E-state index in [-0.39, 0.29) is 5.91 Å². The minimum Gasteiger partial charge on any atom is -0.451 e. The molecular formula is C18H22BrN3O2. The molecule has 1 atom stereocenters. The fourth-order valence-corrected chi connectivity index (χ4v) is 4.17. The molecule has 4 rings (SSSR count). The number of rotatable bonds is 2. The van der Waals surface area contributed by atoms with Gasteiger partial charge < -0.3 is 14.6 Å². The molecule has 2 aromatic rings. The Morgan fingerprint density at radius 1 is 1.29 bits per heavy atom. The van der Waals surface area contributed by atoms with Crippen LogP contribution >= 0.6 is 15.9 Å². The second-order valence-corrected chi connectivity index (χ2v) is 7.59. The lowest BCUT2D eigenvalue weighted by Gasteiger charge is -2.32. The van der Waals surface area contributed by atoms with Gasteiger partial charge in [-0.05, 0) is 31.5 Å². The van der Waals surface area contributed by atoms with Crippen molar-refractivity contribution in [2.75, 3.05) is 39.3 Å². The topological polar surface area (TPSA) is 48.7 Å². The predicted octanol–water partition coefficient (Wildman–Crippen LogP) is 2.62. The molecular weight excluding hydrogens is 370 g/mol. The Balaban J connectivity index is 1.53. The summed E-state index contributed by atoms with van der Waals surface area (Å²) in [5.41, 5.74) is 1.71. The van der Waals surface area contributed by atoms with Crippen LogP contribution in [0.5, 0.6) is 0 Å². The molecule has 2 aliphatic heterocycles. The Kier molecular flexibility index (Phi) is 4.37. The van der Waals surface area contributed by atoms with E-state index in [1.54, 1.807) is 0 Å². The number of halogens is 1. The average Bonchev–Trinajstić information content (AvgIpc) is 3.21. The third-order valence-corrected chi connectivity index (χ3v) is 5.70. The zero-order valence-electron chi connectivity index (χ0n) is 13.8. The molecule has 1 unspecified atom stereocenters. The van der Waals surface area contributed by atoms with E-state index in [1.165, 1.54) is 0 Å². The van der Waals surface area contributed by atoms with Gasteiger partial charge in [0.1, 0.15) is 5.58 Å². The van der Waals surface area contributed by atoms with E-state index in [0.29, 0.717) is 11.8 Å². The highest BCUT2D eigenvalue weighted by molar-refractivity contribution is 9.10. The Morgan fingerprint density at radius 3 is 2.88 bits per heavy atom. The van der Waals surface area contributed by atoms with Gasteiger partial charge in [-0.3, -0.25) is 9.69 Å². The van der Waals surface area contributed by atoms with Crippen LogP contribution in [0, 0.1) is 6.92 Å². The first-order chi connectivity index (χ1) is 11.6. The normalized spacial score (nSPS) is 22.4. The molecule has 0 bridgehead atoms. The molecule has 1 amide bonds. The molecule has 0 saturated carbocycles. The van der Waals surface area contributed by atoms with Gasteiger partial charge in [-0.25, -0.2) is 0 Å². The molecule has 0 spiro atoms. The summed E-state index contributed by atoms with van der Waals surface area (Å²) in [5.74, 6) is 0.515. The van der Waals surface area contributed by atoms with E-state index in [0.717, 1.165) is 66.7 Å². The summed E-state index contributed by atoms with van der Waals surface area (Å²) in [6.45, 7) is 7.82. The lowest BCUT2D eigenvalue weighted by atomic mass is 10.1. The van der Waals surface area contributed by atoms with Crippen LogP contribution in [0.2, 0.25) is 0 Å². The van der Waals surface area contributed by atoms with Crippen molar-refractivity contribution in [2.24, 2.45) is 0 Å². The predicted molar refractivity (Wildman–Crippen MR) is 97.4 cm³/mol. The highest BCUT2D eigenvalue weighted by Crippen LogP contribution is 2.30. The van der Waals surface area contributed by atoms with Gasteiger partial charge in [-0.15, -0.1) is 0 Å². The van der Waals surface area contributed by atoms with Gasteiger partial charge in [0, 0.05) is 60.7 Å². The number of benzene rings is 1. The molecule has 2 saturated heterocycles. The Morgan fingerprint density at radius 2 is 2.08 bits per heavy atom. The summed E-state index contributed by atoms with van der Waals surface area (Å²) < 4.78 is 6.87. The number of aryl methyl sites for hydroxylation is 1. The van der Waals surface area contributed by atoms with Crippen LogP contribution in [0.4, 0.5) is 0 Å². The Bertz CT molecular complexity index is 767. The first-order valence-electron chi connectivity index (χ1n) is 8.56. The molecule has 128 valence electrons. The van der Waals surface area contributed by atoms with Crippen molar-refractivity contribution in [1.82, 2.24) is 15.1 Å². The van der Waals surface area contributed by atoms with E-state index < -0.39 is 0 Å². The number of hydrogen-bond donors (Lipinski definition) is 1. The van der Waals surface area contributed by atoms with Crippen LogP contribution in [0.1, 0.15) is 22.5 Å². The molecule has 2 aliphatic rings. The fourth-order valence-electron chi connectivity index (χ4n) is 3.81. The third-order valence-electron chi connectivity index (χ3n) is 5.21. The van der Waals surface area contributed by atoms with Crippen LogP contribution in [-0.4, -0.2) is 61.0 Å². The van der Waals surface area contributed by atoms with Gasteiger partial charge >= 0.3 is 0 Å². The lowest BCUT2D eigenvalue weighted by Crippen LogP contribution is -2.49. The van der Waals surface area contributed by atoms with E-state index >= 15 is 0 Å². The number of nitrogens with zero attached hydrogens (tertiary/aromatic N) is 2. The van der Waals surface area contributed by atoms with Crippen molar-refractivity contribution < 1.29 is 9.21 Å². The minimum absolute atomic E-state index is 0.0254. The third kappa shape index (κ3) is 2.87. The number of nitrogens with one attached hydrogen (secondary N) is 1. The number of amides is 1. The molecule has 24 heavy (non-hydrogen) atoms. The van der Waals surface area contributed by atoms with Crippen molar-refractivity contribution in [3.8, 4) is 0 Å². The second-order valence-electron chi connectivity index (χ2n) is 6.68. The number of hydrogen-bond acceptors (Lipinski definition) is 4. The number of piperazine rings is 1. The van der Waals surface area contributed by atoms with Crippen LogP contribution in [0.3, 0.4) is 0 Å². The van der Waals surface area contributed by atoms with Crippen molar-refractivity contribution in [3.63, 3.8) is 0 Å². The van der Waals surface area contributed by atoms with Crippen molar-refractivity contribution in [1.29, 1.82) is 0 Å². The van der Waals surface area contributed by atoms with E-state index in [2.05, 4.69) is 26.1 Å². The van der Waals surface area contributed by atoms with Crippen LogP contribution < -0.4 is 5.32 Å². The van der Waals surface area contributed by atoms with E-state index in [9.17, 15) is 4.79 Å². The largest absolute Gasteiger partial charge is 0.451 e. The van der Waals surface area contributed by atoms with Crippen LogP contribution in [-0.2, 0) is 0 Å². The quantitative estimate of drug-likeness (QED) is 0.854. The standard InChI is InChI=1S/C18H22BrN3O2/c1-12-15-10-13(19)2-3-16(15)24-17(12)18(23)22-7-4-14(11-22)21-8-5-20-6-9-21/h2-3,10,14,20H,4-9,11H2,1H3. The summed E-state index contributed by atoms with van der Waals surface area (Å²) in [7, 11) is 0. The molecule has 3 heterocycles. The van der Waals surface area contributed by atoms with Crippen molar-refractivity contribution in [3.05, 3.63) is 34.0 Å². The number of furan rings is 1. The number of likely N-dealkylation sites (tertiary alicyclic amines) is 1. The van der Waals surface area contributed by atoms with E-state index in [1.807, 2.05) is 30.0 Å². The molecule has 0 radical (unpaired) electrons. The molecule has 6 heteroatoms. The first kappa shape index (κ1) is 16.1. The number of fused-ring (bicyclic) bond motifs is 1. The summed E-state index contributed by atoms with van der Waals surface area (Å²) >= 11 is 3.48. The van der Waals surface area contributed by atoms with Gasteiger partial charge in [0.05, 0.1) is 0 Å². The van der Waals surface area contributed by atoms with Crippen LogP contribution in [0.15, 0.2) is 27.1 Å². The Labute approximate surface area is 150 Å². The molecule has 1 aromatic heterocycles. The second kappa shape index (κ2) is 6.50. The van der Waals surface area contributed by atoms with Gasteiger partial charge in [0.25, 0.3) is 5.91 Å². The maximum atomic E-state index is 12.9. The fraction of sp³-hybridized carbons (Fsp3) is 0.500. The zero-order chi connectivity index (χ0) is 16.7. The zero-order valence-corrected chi connectivity index (χ0v) is 15.4. The number of carbonyl (C=O) groups excluding carboxylic acids is 1. The highest BCUT2D eigenvalue weighted by atomic mass is 79.9. The first-order valence-corrected chi connectivity index (χ1v) is 9.35. The summed E-state index contributed by atoms with van der Waals surface area (Å²) in [6.07, 6.45) is 1.05. The lowest BCUT2D eigenvalue weighted by molar-refractivity contribution is 0.0743. The Hall–Kier alpha value is -1.37. The molecule has 0 aliphatic carbocycles. The SMILES string of the molecule is Cc1c(C(=O)N2CCC(N3CCNCC3)C2)oc2ccc(Br)cc12. The number of carbonyl (C=O) groups is 1. The smallest absolute Gasteiger partial charge is 0.289 e. The highest BCUT2D eigenvalue weighted by Gasteiger charge is 2.33. The summed E-state index contributed by atoms with van der Waals surface area (Å²) in [6, 6.07) is 6.35.